The van der Waals surface area contributed by atoms with E-state index < -0.39 is 11.6 Å². The van der Waals surface area contributed by atoms with Crippen LogP contribution in [0.25, 0.3) is 0 Å². The molecule has 0 radical (unpaired) electrons. The van der Waals surface area contributed by atoms with Crippen LogP contribution in [0.1, 0.15) is 20.8 Å². The fraction of sp³-hybridized carbons (Fsp3) is 0.778. The highest BCUT2D eigenvalue weighted by Crippen LogP contribution is 2.22. The minimum Gasteiger partial charge on any atom is -0.433 e. The number of hydrogen-bond acceptors (Lipinski definition) is 4. The maximum absolute atomic E-state index is 11.7. The van der Waals surface area contributed by atoms with Crippen molar-refractivity contribution < 1.29 is 19.1 Å². The van der Waals surface area contributed by atoms with Crippen LogP contribution >= 0.6 is 0 Å². The van der Waals surface area contributed by atoms with Crippen LogP contribution in [-0.4, -0.2) is 31.3 Å². The summed E-state index contributed by atoms with van der Waals surface area (Å²) in [4.78, 5) is 22.3. The van der Waals surface area contributed by atoms with Gasteiger partial charge in [-0.25, -0.2) is 4.79 Å². The van der Waals surface area contributed by atoms with Crippen LogP contribution < -0.4 is 5.32 Å². The summed E-state index contributed by atoms with van der Waals surface area (Å²) < 4.78 is 9.35. The highest BCUT2D eigenvalue weighted by atomic mass is 16.7. The number of nitrogens with one attached hydrogen (secondary N) is 1. The summed E-state index contributed by atoms with van der Waals surface area (Å²) >= 11 is 0. The molecule has 0 saturated carbocycles. The SMILES string of the molecule is CC(C)NC(=O)C1(C)COC(=O)OC1. The van der Waals surface area contributed by atoms with E-state index in [1.54, 1.807) is 6.92 Å². The molecule has 0 spiro atoms. The normalized spacial score (nSPS) is 19.9. The molecule has 0 aliphatic carbocycles. The minimum absolute atomic E-state index is 0.0666. The van der Waals surface area contributed by atoms with Crippen molar-refractivity contribution in [2.45, 2.75) is 26.8 Å². The average Bonchev–Trinajstić information content (AvgIpc) is 2.09. The molecule has 14 heavy (non-hydrogen) atoms. The zero-order valence-corrected chi connectivity index (χ0v) is 8.62. The Balaban J connectivity index is 2.57. The van der Waals surface area contributed by atoms with E-state index in [1.807, 2.05) is 13.8 Å². The van der Waals surface area contributed by atoms with Gasteiger partial charge >= 0.3 is 6.16 Å². The second-order valence-corrected chi connectivity index (χ2v) is 4.02. The predicted octanol–water partition coefficient (Wildman–Crippen LogP) is 0.684. The lowest BCUT2D eigenvalue weighted by Crippen LogP contribution is -2.50. The Kier molecular flexibility index (Phi) is 2.98. The Morgan fingerprint density at radius 1 is 1.43 bits per heavy atom. The molecule has 1 heterocycles. The van der Waals surface area contributed by atoms with Gasteiger partial charge < -0.3 is 14.8 Å². The van der Waals surface area contributed by atoms with Crippen LogP contribution in [-0.2, 0) is 14.3 Å². The lowest BCUT2D eigenvalue weighted by Gasteiger charge is -2.31. The van der Waals surface area contributed by atoms with Gasteiger partial charge in [-0.1, -0.05) is 0 Å². The Labute approximate surface area is 82.8 Å². The predicted molar refractivity (Wildman–Crippen MR) is 48.7 cm³/mol. The Morgan fingerprint density at radius 2 is 1.93 bits per heavy atom. The van der Waals surface area contributed by atoms with E-state index in [0.29, 0.717) is 0 Å². The maximum Gasteiger partial charge on any atom is 0.508 e. The number of carbonyl (C=O) groups is 2. The number of amides is 1. The van der Waals surface area contributed by atoms with Crippen molar-refractivity contribution in [2.75, 3.05) is 13.2 Å². The fourth-order valence-electron chi connectivity index (χ4n) is 1.09. The molecule has 1 aliphatic heterocycles. The maximum atomic E-state index is 11.7. The van der Waals surface area contributed by atoms with E-state index in [9.17, 15) is 9.59 Å². The lowest BCUT2D eigenvalue weighted by molar-refractivity contribution is -0.141. The van der Waals surface area contributed by atoms with Crippen LogP contribution in [0.2, 0.25) is 0 Å². The molecule has 80 valence electrons. The third kappa shape index (κ3) is 2.37. The minimum atomic E-state index is -0.766. The highest BCUT2D eigenvalue weighted by Gasteiger charge is 2.40. The first-order chi connectivity index (χ1) is 6.44. The van der Waals surface area contributed by atoms with Gasteiger partial charge in [-0.15, -0.1) is 0 Å². The highest BCUT2D eigenvalue weighted by molar-refractivity contribution is 5.83. The number of cyclic esters (lactones) is 2. The summed E-state index contributed by atoms with van der Waals surface area (Å²) in [6.07, 6.45) is -0.708. The van der Waals surface area contributed by atoms with E-state index in [4.69, 9.17) is 0 Å². The molecule has 1 amide bonds. The van der Waals surface area contributed by atoms with Crippen molar-refractivity contribution in [1.82, 2.24) is 5.32 Å². The molecule has 1 N–H and O–H groups in total. The monoisotopic (exact) mass is 201 g/mol. The molecule has 5 heteroatoms. The zero-order chi connectivity index (χ0) is 10.8. The topological polar surface area (TPSA) is 64.6 Å². The smallest absolute Gasteiger partial charge is 0.433 e. The molecule has 0 aromatic heterocycles. The molecule has 0 atom stereocenters. The van der Waals surface area contributed by atoms with Crippen molar-refractivity contribution in [3.63, 3.8) is 0 Å². The summed E-state index contributed by atoms with van der Waals surface area (Å²) in [5, 5.41) is 2.76. The number of ether oxygens (including phenoxy) is 2. The molecular weight excluding hydrogens is 186 g/mol. The first-order valence-corrected chi connectivity index (χ1v) is 4.54. The van der Waals surface area contributed by atoms with Crippen molar-refractivity contribution in [2.24, 2.45) is 5.41 Å². The first-order valence-electron chi connectivity index (χ1n) is 4.54. The van der Waals surface area contributed by atoms with Gasteiger partial charge in [0.05, 0.1) is 0 Å². The van der Waals surface area contributed by atoms with E-state index in [1.165, 1.54) is 0 Å². The van der Waals surface area contributed by atoms with Gasteiger partial charge in [0.2, 0.25) is 5.91 Å². The molecule has 1 aliphatic rings. The van der Waals surface area contributed by atoms with Crippen molar-refractivity contribution in [1.29, 1.82) is 0 Å². The second kappa shape index (κ2) is 3.86. The van der Waals surface area contributed by atoms with Crippen LogP contribution in [0.3, 0.4) is 0 Å². The number of hydrogen-bond donors (Lipinski definition) is 1. The number of carbonyl (C=O) groups excluding carboxylic acids is 2. The largest absolute Gasteiger partial charge is 0.508 e. The van der Waals surface area contributed by atoms with Crippen molar-refractivity contribution >= 4 is 12.1 Å². The summed E-state index contributed by atoms with van der Waals surface area (Å²) in [6, 6.07) is 0.0666. The van der Waals surface area contributed by atoms with Gasteiger partial charge in [-0.2, -0.15) is 0 Å². The van der Waals surface area contributed by atoms with Crippen molar-refractivity contribution in [3.8, 4) is 0 Å². The Morgan fingerprint density at radius 3 is 2.36 bits per heavy atom. The molecule has 0 aromatic carbocycles. The van der Waals surface area contributed by atoms with Gasteiger partial charge in [0.25, 0.3) is 0 Å². The first kappa shape index (κ1) is 10.8. The third-order valence-corrected chi connectivity index (χ3v) is 1.99. The van der Waals surface area contributed by atoms with E-state index in [0.717, 1.165) is 0 Å². The van der Waals surface area contributed by atoms with E-state index >= 15 is 0 Å². The molecule has 1 rings (SSSR count). The molecular formula is C9H15NO4. The van der Waals surface area contributed by atoms with Crippen LogP contribution in [0.4, 0.5) is 4.79 Å². The molecule has 1 fully saturated rings. The summed E-state index contributed by atoms with van der Waals surface area (Å²) in [5.74, 6) is -0.153. The molecule has 1 saturated heterocycles. The third-order valence-electron chi connectivity index (χ3n) is 1.99. The number of rotatable bonds is 2. The quantitative estimate of drug-likeness (QED) is 0.667. The standard InChI is InChI=1S/C9H15NO4/c1-6(2)10-7(11)9(3)4-13-8(12)14-5-9/h6H,4-5H2,1-3H3,(H,10,11). The molecule has 0 aromatic rings. The second-order valence-electron chi connectivity index (χ2n) is 4.02. The zero-order valence-electron chi connectivity index (χ0n) is 8.62. The summed E-state index contributed by atoms with van der Waals surface area (Å²) in [7, 11) is 0. The summed E-state index contributed by atoms with van der Waals surface area (Å²) in [5.41, 5.74) is -0.766. The summed E-state index contributed by atoms with van der Waals surface area (Å²) in [6.45, 7) is 5.60. The van der Waals surface area contributed by atoms with Crippen LogP contribution in [0.15, 0.2) is 0 Å². The lowest BCUT2D eigenvalue weighted by atomic mass is 9.91. The van der Waals surface area contributed by atoms with Gasteiger partial charge in [-0.05, 0) is 20.8 Å². The van der Waals surface area contributed by atoms with Gasteiger partial charge in [-0.3, -0.25) is 4.79 Å². The molecule has 0 bridgehead atoms. The molecule has 5 nitrogen and oxygen atoms in total. The van der Waals surface area contributed by atoms with Gasteiger partial charge in [0.1, 0.15) is 18.6 Å². The Hall–Kier alpha value is -1.26. The van der Waals surface area contributed by atoms with E-state index in [-0.39, 0.29) is 25.2 Å². The molecule has 0 unspecified atom stereocenters. The van der Waals surface area contributed by atoms with Crippen molar-refractivity contribution in [3.05, 3.63) is 0 Å². The van der Waals surface area contributed by atoms with Crippen LogP contribution in [0.5, 0.6) is 0 Å². The van der Waals surface area contributed by atoms with Gasteiger partial charge in [0.15, 0.2) is 0 Å². The van der Waals surface area contributed by atoms with Crippen LogP contribution in [0, 0.1) is 5.41 Å². The van der Waals surface area contributed by atoms with E-state index in [2.05, 4.69) is 14.8 Å². The average molecular weight is 201 g/mol. The van der Waals surface area contributed by atoms with Gasteiger partial charge in [0, 0.05) is 6.04 Å². The fourth-order valence-corrected chi connectivity index (χ4v) is 1.09. The Bertz CT molecular complexity index is 239.